The first-order valence-corrected chi connectivity index (χ1v) is 4.43. The molecule has 2 heterocycles. The van der Waals surface area contributed by atoms with Gasteiger partial charge in [-0.25, -0.2) is 4.98 Å². The summed E-state index contributed by atoms with van der Waals surface area (Å²) in [5.74, 6) is 0. The average molecular weight is 230 g/mol. The number of hydrogen-bond donors (Lipinski definition) is 1. The van der Waals surface area contributed by atoms with Gasteiger partial charge in [0.2, 0.25) is 0 Å². The van der Waals surface area contributed by atoms with E-state index in [-0.39, 0.29) is 0 Å². The number of aliphatic hydroxyl groups is 1. The molecule has 0 atom stereocenters. The number of rotatable bonds is 1. The Balaban J connectivity index is 2.39. The van der Waals surface area contributed by atoms with Gasteiger partial charge < -0.3 is 9.84 Å². The third kappa shape index (κ3) is 1.16. The van der Waals surface area contributed by atoms with Crippen LogP contribution in [0.3, 0.4) is 0 Å². The smallest absolute Gasteiger partial charge is 0.139 e. The van der Waals surface area contributed by atoms with E-state index < -0.39 is 5.60 Å². The van der Waals surface area contributed by atoms with Crippen LogP contribution >= 0.6 is 15.9 Å². The molecule has 1 aromatic heterocycles. The minimum atomic E-state index is -0.826. The lowest BCUT2D eigenvalue weighted by atomic mass is 9.94. The van der Waals surface area contributed by atoms with Crippen molar-refractivity contribution < 1.29 is 9.84 Å². The SMILES string of the molecule is OC1(c2cccnc2Br)COC1. The van der Waals surface area contributed by atoms with E-state index in [1.165, 1.54) is 0 Å². The van der Waals surface area contributed by atoms with Crippen LogP contribution in [0.5, 0.6) is 0 Å². The molecule has 0 saturated carbocycles. The molecule has 1 saturated heterocycles. The molecule has 64 valence electrons. The van der Waals surface area contributed by atoms with Gasteiger partial charge >= 0.3 is 0 Å². The molecule has 3 nitrogen and oxygen atoms in total. The molecule has 0 aliphatic carbocycles. The molecule has 0 spiro atoms. The van der Waals surface area contributed by atoms with Crippen molar-refractivity contribution in [2.24, 2.45) is 0 Å². The van der Waals surface area contributed by atoms with Crippen molar-refractivity contribution in [3.8, 4) is 0 Å². The van der Waals surface area contributed by atoms with Gasteiger partial charge in [-0.15, -0.1) is 0 Å². The standard InChI is InChI=1S/C8H8BrNO2/c9-7-6(2-1-3-10-7)8(11)4-12-5-8/h1-3,11H,4-5H2. The summed E-state index contributed by atoms with van der Waals surface area (Å²) in [6.45, 7) is 0.717. The van der Waals surface area contributed by atoms with Crippen LogP contribution in [-0.4, -0.2) is 23.3 Å². The Labute approximate surface area is 78.5 Å². The first-order valence-electron chi connectivity index (χ1n) is 3.63. The number of halogens is 1. The highest BCUT2D eigenvalue weighted by Crippen LogP contribution is 2.32. The van der Waals surface area contributed by atoms with E-state index in [0.29, 0.717) is 17.8 Å². The average Bonchev–Trinajstić information content (AvgIpc) is 2.01. The van der Waals surface area contributed by atoms with Gasteiger partial charge in [0, 0.05) is 11.8 Å². The van der Waals surface area contributed by atoms with Crippen LogP contribution < -0.4 is 0 Å². The van der Waals surface area contributed by atoms with Crippen molar-refractivity contribution in [1.82, 2.24) is 4.98 Å². The van der Waals surface area contributed by atoms with E-state index in [2.05, 4.69) is 20.9 Å². The van der Waals surface area contributed by atoms with Gasteiger partial charge in [-0.1, -0.05) is 6.07 Å². The maximum atomic E-state index is 9.87. The Kier molecular flexibility index (Phi) is 1.90. The van der Waals surface area contributed by atoms with Crippen LogP contribution in [0.2, 0.25) is 0 Å². The summed E-state index contributed by atoms with van der Waals surface area (Å²) in [5, 5.41) is 9.87. The zero-order chi connectivity index (χ0) is 8.60. The second-order valence-corrected chi connectivity index (χ2v) is 3.62. The summed E-state index contributed by atoms with van der Waals surface area (Å²) < 4.78 is 5.64. The normalized spacial score (nSPS) is 20.2. The van der Waals surface area contributed by atoms with Crippen LogP contribution in [0.1, 0.15) is 5.56 Å². The van der Waals surface area contributed by atoms with Crippen LogP contribution in [0.4, 0.5) is 0 Å². The molecule has 12 heavy (non-hydrogen) atoms. The Hall–Kier alpha value is -0.450. The summed E-state index contributed by atoms with van der Waals surface area (Å²) in [5.41, 5.74) is -0.0242. The Morgan fingerprint density at radius 3 is 2.83 bits per heavy atom. The molecular formula is C8H8BrNO2. The van der Waals surface area contributed by atoms with E-state index in [0.717, 1.165) is 5.56 Å². The summed E-state index contributed by atoms with van der Waals surface area (Å²) in [6.07, 6.45) is 1.68. The van der Waals surface area contributed by atoms with Gasteiger partial charge in [0.15, 0.2) is 0 Å². The van der Waals surface area contributed by atoms with Gasteiger partial charge in [0.05, 0.1) is 13.2 Å². The molecule has 1 fully saturated rings. The number of aromatic nitrogens is 1. The maximum absolute atomic E-state index is 9.87. The van der Waals surface area contributed by atoms with Gasteiger partial charge in [-0.05, 0) is 22.0 Å². The third-order valence-electron chi connectivity index (χ3n) is 1.94. The number of pyridine rings is 1. The van der Waals surface area contributed by atoms with Crippen LogP contribution in [0.15, 0.2) is 22.9 Å². The molecule has 1 aromatic rings. The fourth-order valence-electron chi connectivity index (χ4n) is 1.18. The fraction of sp³-hybridized carbons (Fsp3) is 0.375. The molecule has 0 unspecified atom stereocenters. The topological polar surface area (TPSA) is 42.4 Å². The molecule has 0 bridgehead atoms. The van der Waals surface area contributed by atoms with Crippen molar-refractivity contribution >= 4 is 15.9 Å². The summed E-state index contributed by atoms with van der Waals surface area (Å²) in [4.78, 5) is 4.03. The van der Waals surface area contributed by atoms with Crippen LogP contribution in [-0.2, 0) is 10.3 Å². The first kappa shape index (κ1) is 8.16. The lowest BCUT2D eigenvalue weighted by Gasteiger charge is -2.36. The second-order valence-electron chi connectivity index (χ2n) is 2.87. The summed E-state index contributed by atoms with van der Waals surface area (Å²) >= 11 is 3.28. The number of nitrogens with zero attached hydrogens (tertiary/aromatic N) is 1. The molecule has 0 amide bonds. The molecule has 1 aliphatic heterocycles. The molecule has 2 rings (SSSR count). The number of hydrogen-bond acceptors (Lipinski definition) is 3. The minimum absolute atomic E-state index is 0.358. The molecule has 0 radical (unpaired) electrons. The largest absolute Gasteiger partial charge is 0.380 e. The monoisotopic (exact) mass is 229 g/mol. The molecular weight excluding hydrogens is 222 g/mol. The minimum Gasteiger partial charge on any atom is -0.380 e. The van der Waals surface area contributed by atoms with Crippen molar-refractivity contribution in [3.05, 3.63) is 28.5 Å². The highest BCUT2D eigenvalue weighted by atomic mass is 79.9. The Bertz CT molecular complexity index is 299. The van der Waals surface area contributed by atoms with E-state index >= 15 is 0 Å². The van der Waals surface area contributed by atoms with Gasteiger partial charge in [0.25, 0.3) is 0 Å². The number of ether oxygens (including phenoxy) is 1. The zero-order valence-corrected chi connectivity index (χ0v) is 7.91. The predicted molar refractivity (Wildman–Crippen MR) is 46.7 cm³/mol. The van der Waals surface area contributed by atoms with E-state index in [4.69, 9.17) is 4.74 Å². The van der Waals surface area contributed by atoms with Gasteiger partial charge in [-0.3, -0.25) is 0 Å². The summed E-state index contributed by atoms with van der Waals surface area (Å²) in [7, 11) is 0. The van der Waals surface area contributed by atoms with E-state index in [1.807, 2.05) is 6.07 Å². The van der Waals surface area contributed by atoms with E-state index in [1.54, 1.807) is 12.3 Å². The Morgan fingerprint density at radius 2 is 2.33 bits per heavy atom. The third-order valence-corrected chi connectivity index (χ3v) is 2.57. The van der Waals surface area contributed by atoms with Gasteiger partial charge in [-0.2, -0.15) is 0 Å². The summed E-state index contributed by atoms with van der Waals surface area (Å²) in [6, 6.07) is 3.65. The quantitative estimate of drug-likeness (QED) is 0.733. The van der Waals surface area contributed by atoms with Gasteiger partial charge in [0.1, 0.15) is 10.2 Å². The van der Waals surface area contributed by atoms with Crippen molar-refractivity contribution in [1.29, 1.82) is 0 Å². The molecule has 4 heteroatoms. The van der Waals surface area contributed by atoms with E-state index in [9.17, 15) is 5.11 Å². The Morgan fingerprint density at radius 1 is 1.58 bits per heavy atom. The maximum Gasteiger partial charge on any atom is 0.139 e. The molecule has 1 N–H and O–H groups in total. The lowest BCUT2D eigenvalue weighted by Crippen LogP contribution is -2.46. The molecule has 0 aromatic carbocycles. The van der Waals surface area contributed by atoms with Crippen LogP contribution in [0.25, 0.3) is 0 Å². The van der Waals surface area contributed by atoms with Crippen LogP contribution in [0, 0.1) is 0 Å². The molecule has 1 aliphatic rings. The van der Waals surface area contributed by atoms with Crippen molar-refractivity contribution in [3.63, 3.8) is 0 Å². The van der Waals surface area contributed by atoms with Crippen molar-refractivity contribution in [2.75, 3.05) is 13.2 Å². The second kappa shape index (κ2) is 2.80. The lowest BCUT2D eigenvalue weighted by molar-refractivity contribution is -0.185. The van der Waals surface area contributed by atoms with Crippen molar-refractivity contribution in [2.45, 2.75) is 5.60 Å². The predicted octanol–water partition coefficient (Wildman–Crippen LogP) is 1.06. The fourth-order valence-corrected chi connectivity index (χ4v) is 1.80. The highest BCUT2D eigenvalue weighted by Gasteiger charge is 2.39. The first-order chi connectivity index (χ1) is 5.72. The highest BCUT2D eigenvalue weighted by molar-refractivity contribution is 9.10. The zero-order valence-electron chi connectivity index (χ0n) is 6.33.